The summed E-state index contributed by atoms with van der Waals surface area (Å²) in [4.78, 5) is 17.1. The van der Waals surface area contributed by atoms with Gasteiger partial charge in [0, 0.05) is 52.4 Å². The molecule has 32 heavy (non-hydrogen) atoms. The number of rotatable bonds is 8. The molecule has 1 amide bonds. The van der Waals surface area contributed by atoms with Crippen molar-refractivity contribution in [2.24, 2.45) is 0 Å². The smallest absolute Gasteiger partial charge is 0.253 e. The predicted octanol–water partition coefficient (Wildman–Crippen LogP) is 1.95. The second kappa shape index (κ2) is 10.3. The van der Waals surface area contributed by atoms with Crippen molar-refractivity contribution in [1.82, 2.24) is 14.1 Å². The molecule has 0 N–H and O–H groups in total. The molecule has 1 aliphatic heterocycles. The number of piperazine rings is 1. The molecule has 0 aromatic heterocycles. The molecule has 1 fully saturated rings. The first-order valence-corrected chi connectivity index (χ1v) is 12.0. The van der Waals surface area contributed by atoms with Gasteiger partial charge in [0.2, 0.25) is 10.0 Å². The van der Waals surface area contributed by atoms with Gasteiger partial charge in [-0.25, -0.2) is 12.7 Å². The molecule has 9 heteroatoms. The van der Waals surface area contributed by atoms with E-state index in [-0.39, 0.29) is 16.6 Å². The molecule has 0 atom stereocenters. The molecule has 1 aliphatic rings. The van der Waals surface area contributed by atoms with E-state index in [4.69, 9.17) is 9.47 Å². The summed E-state index contributed by atoms with van der Waals surface area (Å²) in [6, 6.07) is 12.6. The standard InChI is InChI=1S/C23H31N3O5S/c1-24(2)32(28,29)22-17-19(7-10-21(22)31-4)23(27)26-15-13-25(14-16-26)12-11-18-5-8-20(30-3)9-6-18/h5-10,17H,11-16H2,1-4H3. The number of ether oxygens (including phenoxy) is 2. The number of hydrogen-bond acceptors (Lipinski definition) is 6. The lowest BCUT2D eigenvalue weighted by Crippen LogP contribution is -2.49. The highest BCUT2D eigenvalue weighted by atomic mass is 32.2. The second-order valence-electron chi connectivity index (χ2n) is 7.88. The normalized spacial score (nSPS) is 15.1. The Kier molecular flexibility index (Phi) is 7.76. The van der Waals surface area contributed by atoms with Gasteiger partial charge in [-0.1, -0.05) is 12.1 Å². The highest BCUT2D eigenvalue weighted by Crippen LogP contribution is 2.27. The first-order chi connectivity index (χ1) is 15.3. The lowest BCUT2D eigenvalue weighted by atomic mass is 10.1. The van der Waals surface area contributed by atoms with E-state index in [1.54, 1.807) is 18.1 Å². The zero-order chi connectivity index (χ0) is 23.3. The molecule has 0 unspecified atom stereocenters. The van der Waals surface area contributed by atoms with Crippen molar-refractivity contribution in [3.8, 4) is 11.5 Å². The lowest BCUT2D eigenvalue weighted by Gasteiger charge is -2.35. The van der Waals surface area contributed by atoms with E-state index in [0.717, 1.165) is 36.1 Å². The Morgan fingerprint density at radius 3 is 2.19 bits per heavy atom. The summed E-state index contributed by atoms with van der Waals surface area (Å²) in [6.07, 6.45) is 0.933. The molecule has 3 rings (SSSR count). The third-order valence-electron chi connectivity index (χ3n) is 5.70. The Hall–Kier alpha value is -2.62. The van der Waals surface area contributed by atoms with Crippen LogP contribution in [0.25, 0.3) is 0 Å². The SMILES string of the molecule is COc1ccc(CCN2CCN(C(=O)c3ccc(OC)c(S(=O)(=O)N(C)C)c3)CC2)cc1. The van der Waals surface area contributed by atoms with Gasteiger partial charge in [-0.15, -0.1) is 0 Å². The average Bonchev–Trinajstić information content (AvgIpc) is 2.82. The zero-order valence-electron chi connectivity index (χ0n) is 19.1. The van der Waals surface area contributed by atoms with Crippen LogP contribution in [0.3, 0.4) is 0 Å². The summed E-state index contributed by atoms with van der Waals surface area (Å²) in [5.74, 6) is 0.900. The minimum absolute atomic E-state index is 0.00558. The van der Waals surface area contributed by atoms with E-state index in [1.807, 2.05) is 12.1 Å². The topological polar surface area (TPSA) is 79.4 Å². The largest absolute Gasteiger partial charge is 0.497 e. The van der Waals surface area contributed by atoms with Gasteiger partial charge in [0.25, 0.3) is 5.91 Å². The minimum atomic E-state index is -3.73. The first kappa shape index (κ1) is 24.0. The van der Waals surface area contributed by atoms with Crippen LogP contribution in [0.15, 0.2) is 47.4 Å². The van der Waals surface area contributed by atoms with Crippen molar-refractivity contribution >= 4 is 15.9 Å². The van der Waals surface area contributed by atoms with Crippen molar-refractivity contribution in [3.63, 3.8) is 0 Å². The number of benzene rings is 2. The van der Waals surface area contributed by atoms with Gasteiger partial charge < -0.3 is 14.4 Å². The lowest BCUT2D eigenvalue weighted by molar-refractivity contribution is 0.0638. The van der Waals surface area contributed by atoms with Crippen molar-refractivity contribution in [2.45, 2.75) is 11.3 Å². The molecule has 2 aromatic carbocycles. The maximum absolute atomic E-state index is 13.0. The predicted molar refractivity (Wildman–Crippen MR) is 123 cm³/mol. The van der Waals surface area contributed by atoms with Gasteiger partial charge >= 0.3 is 0 Å². The maximum atomic E-state index is 13.0. The maximum Gasteiger partial charge on any atom is 0.253 e. The quantitative estimate of drug-likeness (QED) is 0.598. The first-order valence-electron chi connectivity index (χ1n) is 10.5. The fourth-order valence-corrected chi connectivity index (χ4v) is 4.72. The number of amides is 1. The molecule has 1 saturated heterocycles. The zero-order valence-corrected chi connectivity index (χ0v) is 19.9. The number of methoxy groups -OCH3 is 2. The molecule has 0 radical (unpaired) electrons. The average molecular weight is 462 g/mol. The van der Waals surface area contributed by atoms with Gasteiger partial charge in [0.05, 0.1) is 14.2 Å². The van der Waals surface area contributed by atoms with E-state index < -0.39 is 10.0 Å². The summed E-state index contributed by atoms with van der Waals surface area (Å²) in [5, 5.41) is 0. The summed E-state index contributed by atoms with van der Waals surface area (Å²) >= 11 is 0. The molecule has 2 aromatic rings. The minimum Gasteiger partial charge on any atom is -0.497 e. The number of hydrogen-bond donors (Lipinski definition) is 0. The van der Waals surface area contributed by atoms with E-state index in [1.165, 1.54) is 38.9 Å². The fraction of sp³-hybridized carbons (Fsp3) is 0.435. The number of nitrogens with zero attached hydrogens (tertiary/aromatic N) is 3. The Morgan fingerprint density at radius 1 is 0.969 bits per heavy atom. The number of carbonyl (C=O) groups excluding carboxylic acids is 1. The van der Waals surface area contributed by atoms with Crippen LogP contribution in [-0.4, -0.2) is 89.5 Å². The Labute approximate surface area is 190 Å². The summed E-state index contributed by atoms with van der Waals surface area (Å²) in [6.45, 7) is 3.68. The van der Waals surface area contributed by atoms with Crippen LogP contribution in [-0.2, 0) is 16.4 Å². The van der Waals surface area contributed by atoms with Crippen LogP contribution in [0.4, 0.5) is 0 Å². The molecule has 174 valence electrons. The highest BCUT2D eigenvalue weighted by molar-refractivity contribution is 7.89. The van der Waals surface area contributed by atoms with Crippen molar-refractivity contribution in [3.05, 3.63) is 53.6 Å². The van der Waals surface area contributed by atoms with Gasteiger partial charge in [0.15, 0.2) is 0 Å². The molecule has 0 aliphatic carbocycles. The third-order valence-corrected chi connectivity index (χ3v) is 7.54. The van der Waals surface area contributed by atoms with Crippen molar-refractivity contribution < 1.29 is 22.7 Å². The molecule has 0 bridgehead atoms. The van der Waals surface area contributed by atoms with Crippen molar-refractivity contribution in [1.29, 1.82) is 0 Å². The third kappa shape index (κ3) is 5.40. The summed E-state index contributed by atoms with van der Waals surface area (Å²) < 4.78 is 36.8. The Balaban J connectivity index is 1.61. The van der Waals surface area contributed by atoms with E-state index >= 15 is 0 Å². The Morgan fingerprint density at radius 2 is 1.62 bits per heavy atom. The monoisotopic (exact) mass is 461 g/mol. The van der Waals surface area contributed by atoms with Crippen LogP contribution >= 0.6 is 0 Å². The van der Waals surface area contributed by atoms with Gasteiger partial charge in [-0.05, 0) is 42.3 Å². The fourth-order valence-electron chi connectivity index (χ4n) is 3.64. The highest BCUT2D eigenvalue weighted by Gasteiger charge is 2.27. The van der Waals surface area contributed by atoms with Crippen LogP contribution in [0.2, 0.25) is 0 Å². The van der Waals surface area contributed by atoms with E-state index in [9.17, 15) is 13.2 Å². The Bertz CT molecular complexity index is 1030. The number of sulfonamides is 1. The summed E-state index contributed by atoms with van der Waals surface area (Å²) in [5.41, 5.74) is 1.59. The van der Waals surface area contributed by atoms with Crippen LogP contribution < -0.4 is 9.47 Å². The molecule has 0 spiro atoms. The second-order valence-corrected chi connectivity index (χ2v) is 10.0. The molecule has 8 nitrogen and oxygen atoms in total. The van der Waals surface area contributed by atoms with Gasteiger partial charge in [-0.2, -0.15) is 0 Å². The van der Waals surface area contributed by atoms with Gasteiger partial charge in [-0.3, -0.25) is 9.69 Å². The van der Waals surface area contributed by atoms with Crippen LogP contribution in [0.1, 0.15) is 15.9 Å². The van der Waals surface area contributed by atoms with E-state index in [2.05, 4.69) is 17.0 Å². The van der Waals surface area contributed by atoms with Crippen molar-refractivity contribution in [2.75, 3.05) is 61.0 Å². The number of carbonyl (C=O) groups is 1. The van der Waals surface area contributed by atoms with E-state index in [0.29, 0.717) is 18.7 Å². The molecular formula is C23H31N3O5S. The van der Waals surface area contributed by atoms with Gasteiger partial charge in [0.1, 0.15) is 16.4 Å². The van der Waals surface area contributed by atoms with Crippen LogP contribution in [0.5, 0.6) is 11.5 Å². The summed E-state index contributed by atoms with van der Waals surface area (Å²) in [7, 11) is 2.24. The molecular weight excluding hydrogens is 430 g/mol. The molecule has 1 heterocycles. The molecule has 0 saturated carbocycles. The van der Waals surface area contributed by atoms with Crippen LogP contribution in [0, 0.1) is 0 Å².